The van der Waals surface area contributed by atoms with Crippen LogP contribution >= 0.6 is 0 Å². The summed E-state index contributed by atoms with van der Waals surface area (Å²) in [6.07, 6.45) is 0. The van der Waals surface area contributed by atoms with E-state index in [2.05, 4.69) is 244 Å². The summed E-state index contributed by atoms with van der Waals surface area (Å²) >= 11 is 0. The van der Waals surface area contributed by atoms with Crippen LogP contribution in [0, 0.1) is 0 Å². The number of fused-ring (bicyclic) bond motifs is 6. The quantitative estimate of drug-likeness (QED) is 0.156. The normalized spacial score (nSPS) is 15.4. The lowest BCUT2D eigenvalue weighted by molar-refractivity contribution is 0.662. The fourth-order valence-electron chi connectivity index (χ4n) is 10.3. The van der Waals surface area contributed by atoms with Crippen molar-refractivity contribution in [3.05, 3.63) is 246 Å². The molecule has 11 rings (SSSR count). The zero-order valence-electron chi connectivity index (χ0n) is 34.2. The molecule has 1 unspecified atom stereocenters. The Labute approximate surface area is 353 Å². The molecule has 0 radical (unpaired) electrons. The largest absolute Gasteiger partial charge is 0.310 e. The molecule has 0 saturated heterocycles. The van der Waals surface area contributed by atoms with Gasteiger partial charge in [-0.2, -0.15) is 0 Å². The second-order valence-electron chi connectivity index (χ2n) is 17.0. The predicted octanol–water partition coefficient (Wildman–Crippen LogP) is 15.8. The molecule has 0 saturated carbocycles. The molecule has 1 heteroatoms. The Bertz CT molecular complexity index is 3050. The highest BCUT2D eigenvalue weighted by molar-refractivity contribution is 5.91. The molecule has 2 aliphatic carbocycles. The van der Waals surface area contributed by atoms with Crippen LogP contribution in [0.25, 0.3) is 55.6 Å². The average Bonchev–Trinajstić information content (AvgIpc) is 3.71. The standard InChI is InChI=1S/C59H45N/c1-58(2)54-26-12-10-23-51(54)53-25-15-24-49(57(53)58)44-18-14-21-47(38-44)60(46-34-32-43(33-35-46)42-30-28-41(29-31-42)40-16-6-4-7-17-40)48-36-37-52-50-22-11-13-27-55(50)59(3,56(52)39-48)45-19-8-5-9-20-45/h4-39H,1-3H3. The fraction of sp³-hybridized carbons (Fsp3) is 0.0847. The third kappa shape index (κ3) is 5.61. The maximum atomic E-state index is 2.45. The van der Waals surface area contributed by atoms with Gasteiger partial charge in [-0.1, -0.05) is 196 Å². The average molecular weight is 768 g/mol. The summed E-state index contributed by atoms with van der Waals surface area (Å²) in [5.41, 5.74) is 22.3. The van der Waals surface area contributed by atoms with Gasteiger partial charge >= 0.3 is 0 Å². The Morgan fingerprint density at radius 2 is 0.767 bits per heavy atom. The minimum Gasteiger partial charge on any atom is -0.310 e. The molecule has 60 heavy (non-hydrogen) atoms. The molecule has 0 spiro atoms. The first-order valence-electron chi connectivity index (χ1n) is 21.1. The summed E-state index contributed by atoms with van der Waals surface area (Å²) in [4.78, 5) is 2.45. The number of hydrogen-bond donors (Lipinski definition) is 0. The lowest BCUT2D eigenvalue weighted by Gasteiger charge is -2.31. The van der Waals surface area contributed by atoms with Crippen LogP contribution in [-0.2, 0) is 10.8 Å². The molecule has 0 N–H and O–H groups in total. The number of nitrogens with zero attached hydrogens (tertiary/aromatic N) is 1. The minimum atomic E-state index is -0.308. The fourth-order valence-corrected chi connectivity index (χ4v) is 10.3. The smallest absolute Gasteiger partial charge is 0.0467 e. The number of anilines is 3. The van der Waals surface area contributed by atoms with E-state index in [0.29, 0.717) is 0 Å². The van der Waals surface area contributed by atoms with Crippen molar-refractivity contribution in [2.24, 2.45) is 0 Å². The Balaban J connectivity index is 1.05. The lowest BCUT2D eigenvalue weighted by atomic mass is 9.74. The van der Waals surface area contributed by atoms with Crippen molar-refractivity contribution in [3.8, 4) is 55.6 Å². The van der Waals surface area contributed by atoms with Crippen molar-refractivity contribution in [2.45, 2.75) is 31.6 Å². The van der Waals surface area contributed by atoms with Gasteiger partial charge in [0, 0.05) is 27.9 Å². The molecule has 2 aliphatic rings. The van der Waals surface area contributed by atoms with Crippen molar-refractivity contribution >= 4 is 17.1 Å². The van der Waals surface area contributed by atoms with Gasteiger partial charge < -0.3 is 4.90 Å². The van der Waals surface area contributed by atoms with Crippen LogP contribution in [-0.4, -0.2) is 0 Å². The Hall–Kier alpha value is -7.22. The molecule has 286 valence electrons. The minimum absolute atomic E-state index is 0.121. The highest BCUT2D eigenvalue weighted by Crippen LogP contribution is 2.55. The van der Waals surface area contributed by atoms with E-state index in [4.69, 9.17) is 0 Å². The van der Waals surface area contributed by atoms with E-state index in [1.54, 1.807) is 0 Å². The van der Waals surface area contributed by atoms with E-state index >= 15 is 0 Å². The first kappa shape index (κ1) is 35.9. The van der Waals surface area contributed by atoms with E-state index in [1.807, 2.05) is 0 Å². The molecule has 9 aromatic rings. The van der Waals surface area contributed by atoms with Crippen molar-refractivity contribution in [3.63, 3.8) is 0 Å². The highest BCUT2D eigenvalue weighted by atomic mass is 15.1. The molecule has 0 bridgehead atoms. The molecule has 0 aliphatic heterocycles. The number of hydrogen-bond acceptors (Lipinski definition) is 1. The van der Waals surface area contributed by atoms with Crippen LogP contribution in [0.1, 0.15) is 48.6 Å². The van der Waals surface area contributed by atoms with E-state index in [-0.39, 0.29) is 10.8 Å². The lowest BCUT2D eigenvalue weighted by Crippen LogP contribution is -2.22. The predicted molar refractivity (Wildman–Crippen MR) is 252 cm³/mol. The molecule has 0 aromatic heterocycles. The molecule has 0 fully saturated rings. The van der Waals surface area contributed by atoms with Gasteiger partial charge in [-0.3, -0.25) is 0 Å². The van der Waals surface area contributed by atoms with Gasteiger partial charge in [0.1, 0.15) is 0 Å². The monoisotopic (exact) mass is 767 g/mol. The van der Waals surface area contributed by atoms with Gasteiger partial charge in [0.15, 0.2) is 0 Å². The van der Waals surface area contributed by atoms with Crippen LogP contribution in [0.15, 0.2) is 218 Å². The van der Waals surface area contributed by atoms with Gasteiger partial charge in [0.05, 0.1) is 0 Å². The summed E-state index contributed by atoms with van der Waals surface area (Å²) in [7, 11) is 0. The van der Waals surface area contributed by atoms with Crippen molar-refractivity contribution in [1.29, 1.82) is 0 Å². The van der Waals surface area contributed by atoms with Gasteiger partial charge in [-0.25, -0.2) is 0 Å². The van der Waals surface area contributed by atoms with Crippen LogP contribution in [0.3, 0.4) is 0 Å². The molecule has 1 atom stereocenters. The molecule has 9 aromatic carbocycles. The highest BCUT2D eigenvalue weighted by Gasteiger charge is 2.41. The van der Waals surface area contributed by atoms with Gasteiger partial charge in [-0.15, -0.1) is 0 Å². The number of rotatable bonds is 7. The van der Waals surface area contributed by atoms with E-state index in [0.717, 1.165) is 17.1 Å². The summed E-state index contributed by atoms with van der Waals surface area (Å²) in [5, 5.41) is 0. The maximum Gasteiger partial charge on any atom is 0.0467 e. The zero-order chi connectivity index (χ0) is 40.4. The van der Waals surface area contributed by atoms with Gasteiger partial charge in [0.2, 0.25) is 0 Å². The van der Waals surface area contributed by atoms with Crippen LogP contribution < -0.4 is 4.90 Å². The van der Waals surface area contributed by atoms with Crippen LogP contribution in [0.2, 0.25) is 0 Å². The summed E-state index contributed by atoms with van der Waals surface area (Å²) < 4.78 is 0. The first-order chi connectivity index (χ1) is 29.4. The molecule has 0 heterocycles. The van der Waals surface area contributed by atoms with Crippen molar-refractivity contribution in [1.82, 2.24) is 0 Å². The Morgan fingerprint density at radius 3 is 1.47 bits per heavy atom. The van der Waals surface area contributed by atoms with E-state index in [9.17, 15) is 0 Å². The second-order valence-corrected chi connectivity index (χ2v) is 17.0. The van der Waals surface area contributed by atoms with E-state index in [1.165, 1.54) is 83.5 Å². The third-order valence-corrected chi connectivity index (χ3v) is 13.4. The van der Waals surface area contributed by atoms with E-state index < -0.39 is 0 Å². The zero-order valence-corrected chi connectivity index (χ0v) is 34.2. The first-order valence-corrected chi connectivity index (χ1v) is 21.1. The summed E-state index contributed by atoms with van der Waals surface area (Å²) in [5.74, 6) is 0. The third-order valence-electron chi connectivity index (χ3n) is 13.4. The summed E-state index contributed by atoms with van der Waals surface area (Å²) in [6, 6.07) is 80.6. The second kappa shape index (κ2) is 14.0. The molecular weight excluding hydrogens is 723 g/mol. The van der Waals surface area contributed by atoms with Crippen LogP contribution in [0.4, 0.5) is 17.1 Å². The Morgan fingerprint density at radius 1 is 0.300 bits per heavy atom. The number of benzene rings is 9. The van der Waals surface area contributed by atoms with Crippen LogP contribution in [0.5, 0.6) is 0 Å². The van der Waals surface area contributed by atoms with Crippen molar-refractivity contribution < 1.29 is 0 Å². The van der Waals surface area contributed by atoms with Gasteiger partial charge in [-0.05, 0) is 127 Å². The van der Waals surface area contributed by atoms with Crippen molar-refractivity contribution in [2.75, 3.05) is 4.90 Å². The molecule has 0 amide bonds. The maximum absolute atomic E-state index is 2.45. The molecular formula is C59H45N. The Kier molecular flexibility index (Phi) is 8.36. The van der Waals surface area contributed by atoms with Gasteiger partial charge in [0.25, 0.3) is 0 Å². The SMILES string of the molecule is CC1(C)c2ccccc2-c2cccc(-c3cccc(N(c4ccc(-c5ccc(-c6ccccc6)cc5)cc4)c4ccc5c(c4)C(C)(c4ccccc4)c4ccccc4-5)c3)c21. The topological polar surface area (TPSA) is 3.24 Å². The molecule has 1 nitrogen and oxygen atoms in total. The summed E-state index contributed by atoms with van der Waals surface area (Å²) in [6.45, 7) is 7.15.